The Labute approximate surface area is 135 Å². The van der Waals surface area contributed by atoms with Crippen molar-refractivity contribution in [2.45, 2.75) is 6.92 Å². The number of nitrogens with one attached hydrogen (secondary N) is 2. The third kappa shape index (κ3) is 4.06. The highest BCUT2D eigenvalue weighted by Crippen LogP contribution is 2.29. The van der Waals surface area contributed by atoms with Crippen LogP contribution >= 0.6 is 0 Å². The molecule has 0 radical (unpaired) electrons. The van der Waals surface area contributed by atoms with Crippen molar-refractivity contribution in [2.24, 2.45) is 0 Å². The molecule has 0 aliphatic carbocycles. The van der Waals surface area contributed by atoms with E-state index in [2.05, 4.69) is 10.6 Å². The van der Waals surface area contributed by atoms with Crippen LogP contribution in [0.1, 0.15) is 5.56 Å². The average molecular weight is 316 g/mol. The van der Waals surface area contributed by atoms with Crippen molar-refractivity contribution in [2.75, 3.05) is 32.0 Å². The van der Waals surface area contributed by atoms with Crippen LogP contribution in [0, 0.1) is 6.92 Å². The molecule has 0 aliphatic heterocycles. The molecule has 6 nitrogen and oxygen atoms in total. The second-order valence-electron chi connectivity index (χ2n) is 4.83. The number of benzene rings is 2. The number of carbonyl (C=O) groups is 1. The lowest BCUT2D eigenvalue weighted by molar-refractivity contribution is 0.262. The van der Waals surface area contributed by atoms with E-state index in [0.29, 0.717) is 22.9 Å². The monoisotopic (exact) mass is 316 g/mol. The maximum absolute atomic E-state index is 12.2. The summed E-state index contributed by atoms with van der Waals surface area (Å²) in [4.78, 5) is 12.2. The third-order valence-electron chi connectivity index (χ3n) is 3.34. The van der Waals surface area contributed by atoms with E-state index in [9.17, 15) is 4.79 Å². The summed E-state index contributed by atoms with van der Waals surface area (Å²) in [6, 6.07) is 10.2. The van der Waals surface area contributed by atoms with Gasteiger partial charge in [0, 0.05) is 11.8 Å². The van der Waals surface area contributed by atoms with E-state index in [4.69, 9.17) is 14.2 Å². The van der Waals surface area contributed by atoms with E-state index < -0.39 is 0 Å². The number of urea groups is 1. The van der Waals surface area contributed by atoms with Crippen molar-refractivity contribution in [3.63, 3.8) is 0 Å². The lowest BCUT2D eigenvalue weighted by Gasteiger charge is -2.13. The fourth-order valence-electron chi connectivity index (χ4n) is 2.08. The number of hydrogen-bond donors (Lipinski definition) is 2. The Hall–Kier alpha value is -2.89. The molecule has 0 saturated heterocycles. The van der Waals surface area contributed by atoms with Gasteiger partial charge in [0.1, 0.15) is 17.2 Å². The highest BCUT2D eigenvalue weighted by Gasteiger charge is 2.10. The van der Waals surface area contributed by atoms with Crippen LogP contribution in [0.15, 0.2) is 36.4 Å². The molecule has 23 heavy (non-hydrogen) atoms. The van der Waals surface area contributed by atoms with Crippen molar-refractivity contribution in [1.82, 2.24) is 0 Å². The first kappa shape index (κ1) is 16.5. The lowest BCUT2D eigenvalue weighted by atomic mass is 10.2. The van der Waals surface area contributed by atoms with Gasteiger partial charge in [-0.3, -0.25) is 0 Å². The topological polar surface area (TPSA) is 68.8 Å². The molecule has 0 saturated carbocycles. The SMILES string of the molecule is COc1ccc(NC(=O)Nc2ccc(OC)cc2OC)c(C)c1. The number of carbonyl (C=O) groups excluding carboxylic acids is 1. The molecule has 6 heteroatoms. The smallest absolute Gasteiger partial charge is 0.323 e. The number of amides is 2. The molecule has 0 unspecified atom stereocenters. The number of ether oxygens (including phenoxy) is 3. The molecular weight excluding hydrogens is 296 g/mol. The fourth-order valence-corrected chi connectivity index (χ4v) is 2.08. The third-order valence-corrected chi connectivity index (χ3v) is 3.34. The largest absolute Gasteiger partial charge is 0.497 e. The molecular formula is C17H20N2O4. The molecule has 2 aromatic rings. The minimum Gasteiger partial charge on any atom is -0.497 e. The van der Waals surface area contributed by atoms with E-state index in [1.807, 2.05) is 13.0 Å². The van der Waals surface area contributed by atoms with Crippen LogP contribution in [-0.2, 0) is 0 Å². The Morgan fingerprint density at radius 2 is 1.39 bits per heavy atom. The summed E-state index contributed by atoms with van der Waals surface area (Å²) >= 11 is 0. The van der Waals surface area contributed by atoms with Gasteiger partial charge in [-0.2, -0.15) is 0 Å². The zero-order chi connectivity index (χ0) is 16.8. The Balaban J connectivity index is 2.10. The Morgan fingerprint density at radius 3 is 1.96 bits per heavy atom. The highest BCUT2D eigenvalue weighted by molar-refractivity contribution is 6.01. The summed E-state index contributed by atoms with van der Waals surface area (Å²) in [5, 5.41) is 5.55. The van der Waals surface area contributed by atoms with Crippen LogP contribution in [0.5, 0.6) is 17.2 Å². The van der Waals surface area contributed by atoms with Crippen LogP contribution in [0.4, 0.5) is 16.2 Å². The van der Waals surface area contributed by atoms with Gasteiger partial charge in [-0.1, -0.05) is 0 Å². The predicted molar refractivity (Wildman–Crippen MR) is 89.9 cm³/mol. The fraction of sp³-hybridized carbons (Fsp3) is 0.235. The summed E-state index contributed by atoms with van der Waals surface area (Å²) in [5.41, 5.74) is 2.16. The zero-order valence-corrected chi connectivity index (χ0v) is 13.6. The van der Waals surface area contributed by atoms with E-state index in [0.717, 1.165) is 11.3 Å². The van der Waals surface area contributed by atoms with Crippen molar-refractivity contribution in [3.8, 4) is 17.2 Å². The summed E-state index contributed by atoms with van der Waals surface area (Å²) < 4.78 is 15.5. The van der Waals surface area contributed by atoms with Crippen LogP contribution in [0.3, 0.4) is 0 Å². The van der Waals surface area contributed by atoms with Gasteiger partial charge in [-0.05, 0) is 42.8 Å². The number of rotatable bonds is 5. The summed E-state index contributed by atoms with van der Waals surface area (Å²) in [6.07, 6.45) is 0. The lowest BCUT2D eigenvalue weighted by Crippen LogP contribution is -2.20. The number of aryl methyl sites for hydroxylation is 1. The van der Waals surface area contributed by atoms with Gasteiger partial charge in [0.2, 0.25) is 0 Å². The number of methoxy groups -OCH3 is 3. The van der Waals surface area contributed by atoms with Gasteiger partial charge in [0.15, 0.2) is 0 Å². The quantitative estimate of drug-likeness (QED) is 0.883. The first-order chi connectivity index (χ1) is 11.1. The predicted octanol–water partition coefficient (Wildman–Crippen LogP) is 3.66. The van der Waals surface area contributed by atoms with Gasteiger partial charge in [0.05, 0.1) is 27.0 Å². The van der Waals surface area contributed by atoms with Gasteiger partial charge in [-0.25, -0.2) is 4.79 Å². The van der Waals surface area contributed by atoms with E-state index in [1.165, 1.54) is 7.11 Å². The Bertz CT molecular complexity index is 701. The molecule has 0 bridgehead atoms. The summed E-state index contributed by atoms with van der Waals surface area (Å²) in [6.45, 7) is 1.89. The van der Waals surface area contributed by atoms with Crippen LogP contribution in [0.25, 0.3) is 0 Å². The normalized spacial score (nSPS) is 9.91. The van der Waals surface area contributed by atoms with Gasteiger partial charge >= 0.3 is 6.03 Å². The summed E-state index contributed by atoms with van der Waals surface area (Å²) in [7, 11) is 4.71. The maximum atomic E-state index is 12.2. The van der Waals surface area contributed by atoms with Gasteiger partial charge in [0.25, 0.3) is 0 Å². The molecule has 2 aromatic carbocycles. The zero-order valence-electron chi connectivity index (χ0n) is 13.6. The van der Waals surface area contributed by atoms with Crippen LogP contribution in [-0.4, -0.2) is 27.4 Å². The van der Waals surface area contributed by atoms with Crippen LogP contribution in [0.2, 0.25) is 0 Å². The standard InChI is InChI=1S/C17H20N2O4/c1-11-9-12(21-2)5-7-14(11)18-17(20)19-15-8-6-13(22-3)10-16(15)23-4/h5-10H,1-4H3,(H2,18,19,20). The van der Waals surface area contributed by atoms with Gasteiger partial charge in [-0.15, -0.1) is 0 Å². The minimum atomic E-state index is -0.360. The first-order valence-electron chi connectivity index (χ1n) is 7.02. The minimum absolute atomic E-state index is 0.360. The summed E-state index contributed by atoms with van der Waals surface area (Å²) in [5.74, 6) is 1.91. The molecule has 0 spiro atoms. The molecule has 0 atom stereocenters. The maximum Gasteiger partial charge on any atom is 0.323 e. The molecule has 2 rings (SSSR count). The molecule has 0 fully saturated rings. The molecule has 0 aliphatic rings. The molecule has 2 amide bonds. The molecule has 0 aromatic heterocycles. The van der Waals surface area contributed by atoms with Crippen molar-refractivity contribution in [3.05, 3.63) is 42.0 Å². The molecule has 0 heterocycles. The average Bonchev–Trinajstić information content (AvgIpc) is 2.57. The van der Waals surface area contributed by atoms with Crippen molar-refractivity contribution in [1.29, 1.82) is 0 Å². The van der Waals surface area contributed by atoms with E-state index in [1.54, 1.807) is 44.6 Å². The number of hydrogen-bond acceptors (Lipinski definition) is 4. The Kier molecular flexibility index (Phi) is 5.30. The van der Waals surface area contributed by atoms with Crippen molar-refractivity contribution >= 4 is 17.4 Å². The van der Waals surface area contributed by atoms with Crippen LogP contribution < -0.4 is 24.8 Å². The first-order valence-corrected chi connectivity index (χ1v) is 7.02. The van der Waals surface area contributed by atoms with E-state index >= 15 is 0 Å². The second-order valence-corrected chi connectivity index (χ2v) is 4.83. The molecule has 122 valence electrons. The number of anilines is 2. The van der Waals surface area contributed by atoms with E-state index in [-0.39, 0.29) is 6.03 Å². The van der Waals surface area contributed by atoms with Gasteiger partial charge < -0.3 is 24.8 Å². The molecule has 2 N–H and O–H groups in total. The Morgan fingerprint density at radius 1 is 0.826 bits per heavy atom. The van der Waals surface area contributed by atoms with Crippen molar-refractivity contribution < 1.29 is 19.0 Å². The highest BCUT2D eigenvalue weighted by atomic mass is 16.5. The second kappa shape index (κ2) is 7.40.